The van der Waals surface area contributed by atoms with E-state index in [0.717, 1.165) is 41.1 Å². The molecule has 184 valence electrons. The lowest BCUT2D eigenvalue weighted by molar-refractivity contribution is -0.137. The third-order valence-corrected chi connectivity index (χ3v) is 7.92. The summed E-state index contributed by atoms with van der Waals surface area (Å²) in [5.41, 5.74) is 2.01. The van der Waals surface area contributed by atoms with Crippen LogP contribution in [0, 0.1) is 0 Å². The number of fused-ring (bicyclic) bond motifs is 1. The van der Waals surface area contributed by atoms with E-state index in [1.165, 1.54) is 30.8 Å². The molecule has 2 aliphatic rings. The Labute approximate surface area is 207 Å². The van der Waals surface area contributed by atoms with Gasteiger partial charge in [0, 0.05) is 34.6 Å². The van der Waals surface area contributed by atoms with E-state index in [4.69, 9.17) is 4.74 Å². The molecule has 3 nitrogen and oxygen atoms in total. The Balaban J connectivity index is 1.40. The van der Waals surface area contributed by atoms with Crippen molar-refractivity contribution in [1.29, 1.82) is 0 Å². The standard InChI is InChI=1S/C28H28F3NO2S/c29-28(30,31)21-7-3-19(4-8-21)25-18-34-26-12-9-22(33)17-24(26)27(25)20-5-10-23(11-6-20)35-16-15-32-13-1-2-14-32/h3-12,17,25,27,33H,1-2,13-16,18H2. The first-order valence-electron chi connectivity index (χ1n) is 12.0. The van der Waals surface area contributed by atoms with E-state index in [-0.39, 0.29) is 17.6 Å². The largest absolute Gasteiger partial charge is 0.508 e. The fourth-order valence-corrected chi connectivity index (χ4v) is 6.01. The number of thioether (sulfide) groups is 1. The SMILES string of the molecule is Oc1ccc2c(c1)C(c1ccc(SCCN3CCCC3)cc1)C(c1ccc(C(F)(F)F)cc1)CO2. The summed E-state index contributed by atoms with van der Waals surface area (Å²) in [6.45, 7) is 3.83. The van der Waals surface area contributed by atoms with E-state index in [1.807, 2.05) is 11.8 Å². The molecule has 1 fully saturated rings. The summed E-state index contributed by atoms with van der Waals surface area (Å²) in [5, 5.41) is 10.2. The van der Waals surface area contributed by atoms with Crippen molar-refractivity contribution in [3.63, 3.8) is 0 Å². The van der Waals surface area contributed by atoms with Crippen LogP contribution < -0.4 is 4.74 Å². The van der Waals surface area contributed by atoms with Gasteiger partial charge >= 0.3 is 6.18 Å². The second-order valence-electron chi connectivity index (χ2n) is 9.20. The van der Waals surface area contributed by atoms with Gasteiger partial charge in [0.2, 0.25) is 0 Å². The molecule has 2 atom stereocenters. The quantitative estimate of drug-likeness (QED) is 0.374. The average Bonchev–Trinajstić information content (AvgIpc) is 3.37. The summed E-state index contributed by atoms with van der Waals surface area (Å²) in [4.78, 5) is 3.70. The number of hydrogen-bond donors (Lipinski definition) is 1. The number of halogens is 3. The summed E-state index contributed by atoms with van der Waals surface area (Å²) >= 11 is 1.84. The Morgan fingerprint density at radius 1 is 0.914 bits per heavy atom. The van der Waals surface area contributed by atoms with Crippen molar-refractivity contribution in [1.82, 2.24) is 4.90 Å². The van der Waals surface area contributed by atoms with Crippen LogP contribution in [-0.2, 0) is 6.18 Å². The van der Waals surface area contributed by atoms with Crippen LogP contribution in [0.15, 0.2) is 71.6 Å². The number of ether oxygens (including phenoxy) is 1. The summed E-state index contributed by atoms with van der Waals surface area (Å²) in [6, 6.07) is 18.8. The summed E-state index contributed by atoms with van der Waals surface area (Å²) in [7, 11) is 0. The van der Waals surface area contributed by atoms with Gasteiger partial charge in [0.15, 0.2) is 0 Å². The Morgan fingerprint density at radius 3 is 2.29 bits per heavy atom. The van der Waals surface area contributed by atoms with Gasteiger partial charge in [-0.05, 0) is 79.5 Å². The van der Waals surface area contributed by atoms with E-state index in [1.54, 1.807) is 30.3 Å². The number of likely N-dealkylation sites (tertiary alicyclic amines) is 1. The number of nitrogens with zero attached hydrogens (tertiary/aromatic N) is 1. The first kappa shape index (κ1) is 24.1. The van der Waals surface area contributed by atoms with Gasteiger partial charge < -0.3 is 14.7 Å². The fraction of sp³-hybridized carbons (Fsp3) is 0.357. The first-order chi connectivity index (χ1) is 16.9. The molecule has 2 aliphatic heterocycles. The number of phenolic OH excluding ortho intramolecular Hbond substituents is 1. The zero-order chi connectivity index (χ0) is 24.4. The van der Waals surface area contributed by atoms with Crippen molar-refractivity contribution in [2.45, 2.75) is 35.7 Å². The molecule has 2 unspecified atom stereocenters. The predicted octanol–water partition coefficient (Wildman–Crippen LogP) is 6.91. The van der Waals surface area contributed by atoms with Gasteiger partial charge in [-0.2, -0.15) is 13.2 Å². The van der Waals surface area contributed by atoms with E-state index >= 15 is 0 Å². The number of hydrogen-bond acceptors (Lipinski definition) is 4. The molecule has 3 aromatic carbocycles. The topological polar surface area (TPSA) is 32.7 Å². The van der Waals surface area contributed by atoms with E-state index in [9.17, 15) is 18.3 Å². The molecule has 35 heavy (non-hydrogen) atoms. The zero-order valence-corrected chi connectivity index (χ0v) is 20.1. The van der Waals surface area contributed by atoms with E-state index in [0.29, 0.717) is 12.4 Å². The second kappa shape index (κ2) is 10.2. The van der Waals surface area contributed by atoms with Crippen molar-refractivity contribution >= 4 is 11.8 Å². The molecule has 1 saturated heterocycles. The van der Waals surface area contributed by atoms with Crippen molar-refractivity contribution in [2.24, 2.45) is 0 Å². The molecular weight excluding hydrogens is 471 g/mol. The van der Waals surface area contributed by atoms with Crippen LogP contribution in [0.3, 0.4) is 0 Å². The molecule has 7 heteroatoms. The normalized spacial score (nSPS) is 20.4. The predicted molar refractivity (Wildman–Crippen MR) is 132 cm³/mol. The Kier molecular flexibility index (Phi) is 6.98. The summed E-state index contributed by atoms with van der Waals surface area (Å²) in [5.74, 6) is 1.55. The van der Waals surface area contributed by atoms with Gasteiger partial charge in [-0.1, -0.05) is 24.3 Å². The lowest BCUT2D eigenvalue weighted by atomic mass is 9.75. The second-order valence-corrected chi connectivity index (χ2v) is 10.4. The molecule has 0 amide bonds. The van der Waals surface area contributed by atoms with Crippen molar-refractivity contribution in [3.05, 3.63) is 89.0 Å². The molecule has 0 aromatic heterocycles. The molecule has 2 heterocycles. The molecule has 0 radical (unpaired) electrons. The van der Waals surface area contributed by atoms with Gasteiger partial charge in [-0.15, -0.1) is 11.8 Å². The van der Waals surface area contributed by atoms with Crippen LogP contribution in [0.5, 0.6) is 11.5 Å². The Hall–Kier alpha value is -2.64. The van der Waals surface area contributed by atoms with Crippen LogP contribution in [-0.4, -0.2) is 42.0 Å². The molecule has 0 spiro atoms. The smallest absolute Gasteiger partial charge is 0.416 e. The van der Waals surface area contributed by atoms with E-state index < -0.39 is 11.7 Å². The number of rotatable bonds is 6. The first-order valence-corrected chi connectivity index (χ1v) is 12.9. The molecule has 0 bridgehead atoms. The highest BCUT2D eigenvalue weighted by atomic mass is 32.2. The minimum absolute atomic E-state index is 0.138. The van der Waals surface area contributed by atoms with Crippen LogP contribution in [0.25, 0.3) is 0 Å². The average molecular weight is 500 g/mol. The monoisotopic (exact) mass is 499 g/mol. The third kappa shape index (κ3) is 5.46. The highest BCUT2D eigenvalue weighted by Gasteiger charge is 2.35. The number of aromatic hydroxyl groups is 1. The minimum atomic E-state index is -4.37. The lowest BCUT2D eigenvalue weighted by Gasteiger charge is -2.34. The van der Waals surface area contributed by atoms with Crippen molar-refractivity contribution in [3.8, 4) is 11.5 Å². The highest BCUT2D eigenvalue weighted by Crippen LogP contribution is 2.47. The van der Waals surface area contributed by atoms with Gasteiger partial charge in [0.1, 0.15) is 11.5 Å². The summed E-state index contributed by atoms with van der Waals surface area (Å²) in [6.07, 6.45) is -1.79. The maximum Gasteiger partial charge on any atom is 0.416 e. The molecular formula is C28H28F3NO2S. The maximum atomic E-state index is 13.1. The molecule has 0 saturated carbocycles. The van der Waals surface area contributed by atoms with Gasteiger partial charge in [0.25, 0.3) is 0 Å². The zero-order valence-electron chi connectivity index (χ0n) is 19.3. The van der Waals surface area contributed by atoms with Crippen LogP contribution in [0.4, 0.5) is 13.2 Å². The lowest BCUT2D eigenvalue weighted by Crippen LogP contribution is -2.25. The molecule has 3 aromatic rings. The van der Waals surface area contributed by atoms with Crippen molar-refractivity contribution in [2.75, 3.05) is 32.0 Å². The van der Waals surface area contributed by atoms with Crippen molar-refractivity contribution < 1.29 is 23.0 Å². The van der Waals surface area contributed by atoms with Gasteiger partial charge in [0.05, 0.1) is 12.2 Å². The molecule has 5 rings (SSSR count). The number of alkyl halides is 3. The molecule has 1 N–H and O–H groups in total. The highest BCUT2D eigenvalue weighted by molar-refractivity contribution is 7.99. The van der Waals surface area contributed by atoms with Crippen LogP contribution in [0.2, 0.25) is 0 Å². The molecule has 0 aliphatic carbocycles. The number of phenols is 1. The Bertz CT molecular complexity index is 1140. The fourth-order valence-electron chi connectivity index (χ4n) is 5.09. The van der Waals surface area contributed by atoms with Gasteiger partial charge in [-0.25, -0.2) is 0 Å². The maximum absolute atomic E-state index is 13.1. The summed E-state index contributed by atoms with van der Waals surface area (Å²) < 4.78 is 45.3. The Morgan fingerprint density at radius 2 is 1.60 bits per heavy atom. The minimum Gasteiger partial charge on any atom is -0.508 e. The third-order valence-electron chi connectivity index (χ3n) is 6.93. The van der Waals surface area contributed by atoms with Crippen LogP contribution in [0.1, 0.15) is 46.9 Å². The van der Waals surface area contributed by atoms with E-state index in [2.05, 4.69) is 29.2 Å². The van der Waals surface area contributed by atoms with Crippen LogP contribution >= 0.6 is 11.8 Å². The van der Waals surface area contributed by atoms with Gasteiger partial charge in [-0.3, -0.25) is 0 Å². The number of benzene rings is 3.